The van der Waals surface area contributed by atoms with Crippen LogP contribution in [0.2, 0.25) is 0 Å². The molecule has 154 valence electrons. The van der Waals surface area contributed by atoms with Gasteiger partial charge in [-0.1, -0.05) is 23.4 Å². The lowest BCUT2D eigenvalue weighted by Gasteiger charge is -2.07. The normalized spacial score (nSPS) is 11.9. The zero-order valence-electron chi connectivity index (χ0n) is 16.9. The van der Waals surface area contributed by atoms with E-state index in [1.165, 1.54) is 17.7 Å². The van der Waals surface area contributed by atoms with Crippen molar-refractivity contribution in [2.24, 2.45) is 7.05 Å². The van der Waals surface area contributed by atoms with E-state index in [1.54, 1.807) is 68.1 Å². The molecule has 0 unspecified atom stereocenters. The van der Waals surface area contributed by atoms with Crippen molar-refractivity contribution in [3.63, 3.8) is 0 Å². The molecule has 0 amide bonds. The van der Waals surface area contributed by atoms with E-state index in [9.17, 15) is 13.2 Å². The Balaban J connectivity index is 2.08. The molecule has 0 radical (unpaired) electrons. The molecular weight excluding hydrogens is 394 g/mol. The van der Waals surface area contributed by atoms with E-state index >= 15 is 0 Å². The van der Waals surface area contributed by atoms with Crippen molar-refractivity contribution in [1.29, 1.82) is 0 Å². The second-order valence-electron chi connectivity index (χ2n) is 6.78. The lowest BCUT2D eigenvalue weighted by Crippen LogP contribution is -2.23. The number of para-hydroxylation sites is 1. The third-order valence-electron chi connectivity index (χ3n) is 4.42. The zero-order valence-corrected chi connectivity index (χ0v) is 17.7. The first-order chi connectivity index (χ1) is 13.6. The number of nitrogens with one attached hydrogen (secondary N) is 1. The van der Waals surface area contributed by atoms with Gasteiger partial charge in [0.15, 0.2) is 10.7 Å². The Morgan fingerprint density at radius 1 is 1.17 bits per heavy atom. The van der Waals surface area contributed by atoms with Gasteiger partial charge in [-0.15, -0.1) is 0 Å². The van der Waals surface area contributed by atoms with Crippen LogP contribution in [0.3, 0.4) is 0 Å². The standard InChI is InChI=1S/C19H23N5O4S/c1-13-18(16(28-20-13)11-12-22(3)4)29(26,27)21-17-14(2)23(5)24(19(17)25)15-9-7-6-8-10-15/h6-12,21H,1-5H3/b12-11+. The Morgan fingerprint density at radius 3 is 2.45 bits per heavy atom. The molecule has 0 aliphatic rings. The molecule has 2 aromatic heterocycles. The van der Waals surface area contributed by atoms with Crippen molar-refractivity contribution >= 4 is 21.8 Å². The molecule has 1 N–H and O–H groups in total. The van der Waals surface area contributed by atoms with E-state index in [1.807, 2.05) is 6.07 Å². The summed E-state index contributed by atoms with van der Waals surface area (Å²) in [7, 11) is 1.17. The van der Waals surface area contributed by atoms with Gasteiger partial charge in [-0.3, -0.25) is 14.2 Å². The minimum Gasteiger partial charge on any atom is -0.383 e. The summed E-state index contributed by atoms with van der Waals surface area (Å²) in [5, 5.41) is 3.77. The number of hydrogen-bond acceptors (Lipinski definition) is 6. The number of hydrogen-bond donors (Lipinski definition) is 1. The maximum absolute atomic E-state index is 13.1. The van der Waals surface area contributed by atoms with Crippen molar-refractivity contribution in [2.45, 2.75) is 18.7 Å². The minimum absolute atomic E-state index is 0.0282. The van der Waals surface area contributed by atoms with Gasteiger partial charge in [-0.2, -0.15) is 0 Å². The van der Waals surface area contributed by atoms with Crippen LogP contribution in [0, 0.1) is 13.8 Å². The highest BCUT2D eigenvalue weighted by Crippen LogP contribution is 2.25. The summed E-state index contributed by atoms with van der Waals surface area (Å²) in [6.07, 6.45) is 3.16. The number of nitrogens with zero attached hydrogens (tertiary/aromatic N) is 4. The fourth-order valence-corrected chi connectivity index (χ4v) is 4.30. The summed E-state index contributed by atoms with van der Waals surface area (Å²) in [5.74, 6) is 0.0840. The highest BCUT2D eigenvalue weighted by molar-refractivity contribution is 7.92. The molecule has 10 heteroatoms. The Morgan fingerprint density at radius 2 is 1.83 bits per heavy atom. The van der Waals surface area contributed by atoms with Crippen LogP contribution in [0.5, 0.6) is 0 Å². The van der Waals surface area contributed by atoms with Crippen molar-refractivity contribution in [3.05, 3.63) is 64.0 Å². The lowest BCUT2D eigenvalue weighted by molar-refractivity contribution is 0.405. The lowest BCUT2D eigenvalue weighted by atomic mass is 10.3. The molecule has 3 aromatic rings. The van der Waals surface area contributed by atoms with Crippen LogP contribution in [-0.4, -0.2) is 41.9 Å². The van der Waals surface area contributed by atoms with Gasteiger partial charge in [-0.25, -0.2) is 13.1 Å². The summed E-state index contributed by atoms with van der Waals surface area (Å²) in [5.41, 5.74) is 0.804. The molecule has 0 aliphatic carbocycles. The van der Waals surface area contributed by atoms with Crippen molar-refractivity contribution in [1.82, 2.24) is 19.4 Å². The van der Waals surface area contributed by atoms with Gasteiger partial charge in [0, 0.05) is 33.4 Å². The van der Waals surface area contributed by atoms with Crippen LogP contribution >= 0.6 is 0 Å². The smallest absolute Gasteiger partial charge is 0.296 e. The number of sulfonamides is 1. The fraction of sp³-hybridized carbons (Fsp3) is 0.263. The average Bonchev–Trinajstić information content (AvgIpc) is 3.14. The molecule has 2 heterocycles. The number of aromatic nitrogens is 3. The molecule has 3 rings (SSSR count). The second kappa shape index (κ2) is 7.63. The van der Waals surface area contributed by atoms with Crippen LogP contribution in [0.1, 0.15) is 17.1 Å². The predicted octanol–water partition coefficient (Wildman–Crippen LogP) is 2.11. The fourth-order valence-electron chi connectivity index (χ4n) is 2.90. The van der Waals surface area contributed by atoms with Crippen molar-refractivity contribution in [3.8, 4) is 5.69 Å². The summed E-state index contributed by atoms with van der Waals surface area (Å²) < 4.78 is 36.8. The molecule has 0 atom stereocenters. The summed E-state index contributed by atoms with van der Waals surface area (Å²) in [6, 6.07) is 8.99. The van der Waals surface area contributed by atoms with Gasteiger partial charge in [0.2, 0.25) is 0 Å². The third kappa shape index (κ3) is 3.83. The van der Waals surface area contributed by atoms with E-state index < -0.39 is 15.6 Å². The second-order valence-corrected chi connectivity index (χ2v) is 8.40. The first-order valence-corrected chi connectivity index (χ1v) is 10.3. The number of benzene rings is 1. The third-order valence-corrected chi connectivity index (χ3v) is 5.92. The number of rotatable bonds is 6. The summed E-state index contributed by atoms with van der Waals surface area (Å²) in [6.45, 7) is 3.21. The van der Waals surface area contributed by atoms with Crippen LogP contribution < -0.4 is 10.3 Å². The van der Waals surface area contributed by atoms with Crippen molar-refractivity contribution in [2.75, 3.05) is 18.8 Å². The zero-order chi connectivity index (χ0) is 21.3. The highest BCUT2D eigenvalue weighted by atomic mass is 32.2. The largest absolute Gasteiger partial charge is 0.383 e. The van der Waals surface area contributed by atoms with Gasteiger partial charge >= 0.3 is 0 Å². The molecule has 0 bridgehead atoms. The molecule has 0 fully saturated rings. The quantitative estimate of drug-likeness (QED) is 0.659. The van der Waals surface area contributed by atoms with Crippen LogP contribution in [0.15, 0.2) is 50.7 Å². The van der Waals surface area contributed by atoms with E-state index in [0.29, 0.717) is 11.4 Å². The van der Waals surface area contributed by atoms with Crippen LogP contribution in [0.25, 0.3) is 11.8 Å². The van der Waals surface area contributed by atoms with Gasteiger partial charge in [0.25, 0.3) is 15.6 Å². The van der Waals surface area contributed by atoms with E-state index in [0.717, 1.165) is 0 Å². The molecule has 0 saturated heterocycles. The molecule has 0 aliphatic heterocycles. The summed E-state index contributed by atoms with van der Waals surface area (Å²) >= 11 is 0. The maximum atomic E-state index is 13.1. The predicted molar refractivity (Wildman–Crippen MR) is 111 cm³/mol. The van der Waals surface area contributed by atoms with Crippen molar-refractivity contribution < 1.29 is 12.9 Å². The molecule has 9 nitrogen and oxygen atoms in total. The van der Waals surface area contributed by atoms with E-state index in [2.05, 4.69) is 9.88 Å². The van der Waals surface area contributed by atoms with Gasteiger partial charge in [0.05, 0.1) is 11.4 Å². The van der Waals surface area contributed by atoms with Crippen LogP contribution in [-0.2, 0) is 17.1 Å². The van der Waals surface area contributed by atoms with Gasteiger partial charge in [0.1, 0.15) is 11.4 Å². The highest BCUT2D eigenvalue weighted by Gasteiger charge is 2.28. The Labute approximate surface area is 168 Å². The topological polar surface area (TPSA) is 102 Å². The first kappa shape index (κ1) is 20.5. The Bertz CT molecular complexity index is 1220. The Kier molecular flexibility index (Phi) is 5.38. The number of anilines is 1. The van der Waals surface area contributed by atoms with Gasteiger partial charge in [-0.05, 0) is 26.0 Å². The van der Waals surface area contributed by atoms with Crippen LogP contribution in [0.4, 0.5) is 5.69 Å². The minimum atomic E-state index is -4.11. The maximum Gasteiger partial charge on any atom is 0.296 e. The molecular formula is C19H23N5O4S. The average molecular weight is 417 g/mol. The molecule has 29 heavy (non-hydrogen) atoms. The molecule has 0 spiro atoms. The Hall–Kier alpha value is -3.27. The number of aryl methyl sites for hydroxylation is 1. The molecule has 1 aromatic carbocycles. The van der Waals surface area contributed by atoms with E-state index in [-0.39, 0.29) is 22.0 Å². The molecule has 0 saturated carbocycles. The monoisotopic (exact) mass is 417 g/mol. The summed E-state index contributed by atoms with van der Waals surface area (Å²) in [4.78, 5) is 14.6. The SMILES string of the molecule is Cc1noc(/C=C/N(C)C)c1S(=O)(=O)Nc1c(C)n(C)n(-c2ccccc2)c1=O. The van der Waals surface area contributed by atoms with Gasteiger partial charge < -0.3 is 9.42 Å². The first-order valence-electron chi connectivity index (χ1n) is 8.81. The van der Waals surface area contributed by atoms with E-state index in [4.69, 9.17) is 4.52 Å².